The van der Waals surface area contributed by atoms with Gasteiger partial charge in [-0.15, -0.1) is 0 Å². The second kappa shape index (κ2) is 9.87. The number of nitrogens with one attached hydrogen (secondary N) is 1. The minimum absolute atomic E-state index is 0.0385. The number of amides is 2. The number of imide groups is 1. The fourth-order valence-corrected chi connectivity index (χ4v) is 6.87. The smallest absolute Gasteiger partial charge is 0.259 e. The van der Waals surface area contributed by atoms with E-state index in [0.29, 0.717) is 37.0 Å². The van der Waals surface area contributed by atoms with Gasteiger partial charge in [-0.3, -0.25) is 14.5 Å². The molecule has 0 spiro atoms. The minimum Gasteiger partial charge on any atom is -0.492 e. The zero-order chi connectivity index (χ0) is 27.3. The molecule has 1 aliphatic heterocycles. The van der Waals surface area contributed by atoms with Crippen LogP contribution in [0.2, 0.25) is 0 Å². The topological polar surface area (TPSA) is 111 Å². The second-order valence-corrected chi connectivity index (χ2v) is 12.2. The van der Waals surface area contributed by atoms with E-state index in [1.54, 1.807) is 29.8 Å². The number of rotatable bonds is 9. The van der Waals surface area contributed by atoms with E-state index in [0.717, 1.165) is 11.1 Å². The molecule has 1 saturated carbocycles. The average molecular weight is 553 g/mol. The van der Waals surface area contributed by atoms with Crippen LogP contribution < -0.4 is 9.46 Å². The predicted octanol–water partition coefficient (Wildman–Crippen LogP) is 2.56. The Morgan fingerprint density at radius 2 is 1.90 bits per heavy atom. The van der Waals surface area contributed by atoms with E-state index < -0.39 is 10.0 Å². The Bertz CT molecular complexity index is 1530. The zero-order valence-electron chi connectivity index (χ0n) is 21.4. The van der Waals surface area contributed by atoms with E-state index >= 15 is 0 Å². The molecule has 11 heteroatoms. The summed E-state index contributed by atoms with van der Waals surface area (Å²) >= 11 is 0. The summed E-state index contributed by atoms with van der Waals surface area (Å²) < 4.78 is 49.4. The number of sulfonamides is 1. The normalized spacial score (nSPS) is 24.0. The molecule has 0 radical (unpaired) electrons. The first-order chi connectivity index (χ1) is 18.7. The van der Waals surface area contributed by atoms with E-state index in [1.807, 2.05) is 18.2 Å². The molecule has 9 nitrogen and oxygen atoms in total. The maximum absolute atomic E-state index is 14.7. The summed E-state index contributed by atoms with van der Waals surface area (Å²) in [4.78, 5) is 31.3. The SMILES string of the molecule is Cn1cnc(S(=O)(=O)NCCOc2ccc3c(c2)[C@H](Cc2ccccc2F)[C@H](N2C(=O)C4CC4C2=O)CC3)c1. The van der Waals surface area contributed by atoms with Gasteiger partial charge in [0, 0.05) is 31.7 Å². The van der Waals surface area contributed by atoms with Crippen LogP contribution in [0.1, 0.15) is 35.4 Å². The molecule has 1 N–H and O–H groups in total. The molecule has 2 aliphatic carbocycles. The highest BCUT2D eigenvalue weighted by atomic mass is 32.2. The number of hydrogen-bond acceptors (Lipinski definition) is 6. The number of benzene rings is 2. The summed E-state index contributed by atoms with van der Waals surface area (Å²) in [5.74, 6) is -0.684. The van der Waals surface area contributed by atoms with Gasteiger partial charge in [0.15, 0.2) is 5.03 Å². The number of carbonyl (C=O) groups is 2. The number of ether oxygens (including phenoxy) is 1. The molecule has 2 amide bonds. The molecule has 1 aromatic heterocycles. The highest BCUT2D eigenvalue weighted by Gasteiger charge is 2.61. The number of halogens is 1. The molecule has 204 valence electrons. The molecule has 2 aromatic carbocycles. The van der Waals surface area contributed by atoms with Gasteiger partial charge in [0.1, 0.15) is 18.2 Å². The summed E-state index contributed by atoms with van der Waals surface area (Å²) in [6, 6.07) is 11.9. The van der Waals surface area contributed by atoms with Crippen LogP contribution in [0.25, 0.3) is 0 Å². The summed E-state index contributed by atoms with van der Waals surface area (Å²) in [5.41, 5.74) is 2.52. The van der Waals surface area contributed by atoms with Crippen LogP contribution in [0.4, 0.5) is 4.39 Å². The molecular weight excluding hydrogens is 523 g/mol. The lowest BCUT2D eigenvalue weighted by atomic mass is 9.75. The van der Waals surface area contributed by atoms with Gasteiger partial charge in [0.25, 0.3) is 10.0 Å². The third kappa shape index (κ3) is 4.85. The maximum atomic E-state index is 14.7. The highest BCUT2D eigenvalue weighted by molar-refractivity contribution is 7.89. The fraction of sp³-hybridized carbons (Fsp3) is 0.393. The van der Waals surface area contributed by atoms with Gasteiger partial charge in [-0.25, -0.2) is 22.5 Å². The average Bonchev–Trinajstić information content (AvgIpc) is 3.53. The van der Waals surface area contributed by atoms with Crippen molar-refractivity contribution in [3.05, 3.63) is 77.5 Å². The van der Waals surface area contributed by atoms with Crippen molar-refractivity contribution in [2.24, 2.45) is 18.9 Å². The number of hydrogen-bond donors (Lipinski definition) is 1. The van der Waals surface area contributed by atoms with E-state index in [4.69, 9.17) is 4.74 Å². The van der Waals surface area contributed by atoms with E-state index in [-0.39, 0.29) is 59.6 Å². The zero-order valence-corrected chi connectivity index (χ0v) is 22.2. The monoisotopic (exact) mass is 552 g/mol. The number of likely N-dealkylation sites (tertiary alicyclic amines) is 1. The summed E-state index contributed by atoms with van der Waals surface area (Å²) in [6.45, 7) is 0.121. The molecule has 2 heterocycles. The highest BCUT2D eigenvalue weighted by Crippen LogP contribution is 2.50. The first-order valence-electron chi connectivity index (χ1n) is 13.1. The Morgan fingerprint density at radius 3 is 2.62 bits per heavy atom. The fourth-order valence-electron chi connectivity index (χ4n) is 5.88. The van der Waals surface area contributed by atoms with Crippen LogP contribution >= 0.6 is 0 Å². The van der Waals surface area contributed by atoms with E-state index in [9.17, 15) is 22.4 Å². The molecule has 3 aliphatic rings. The van der Waals surface area contributed by atoms with Gasteiger partial charge in [0.2, 0.25) is 11.8 Å². The number of fused-ring (bicyclic) bond motifs is 2. The number of carbonyl (C=O) groups excluding carboxylic acids is 2. The van der Waals surface area contributed by atoms with Gasteiger partial charge in [-0.2, -0.15) is 0 Å². The molecule has 6 rings (SSSR count). The number of piperidine rings is 1. The van der Waals surface area contributed by atoms with Crippen molar-refractivity contribution in [2.45, 2.75) is 42.7 Å². The van der Waals surface area contributed by atoms with Crippen molar-refractivity contribution < 1.29 is 27.1 Å². The van der Waals surface area contributed by atoms with Crippen LogP contribution in [0.5, 0.6) is 5.75 Å². The van der Waals surface area contributed by atoms with Crippen molar-refractivity contribution in [1.29, 1.82) is 0 Å². The maximum Gasteiger partial charge on any atom is 0.259 e. The number of nitrogens with zero attached hydrogens (tertiary/aromatic N) is 3. The Labute approximate surface area is 226 Å². The Morgan fingerprint density at radius 1 is 1.13 bits per heavy atom. The second-order valence-electron chi connectivity index (χ2n) is 10.5. The molecular formula is C28H29FN4O5S. The van der Waals surface area contributed by atoms with Gasteiger partial charge in [-0.1, -0.05) is 24.3 Å². The molecule has 39 heavy (non-hydrogen) atoms. The number of aryl methyl sites for hydroxylation is 2. The van der Waals surface area contributed by atoms with Gasteiger partial charge >= 0.3 is 0 Å². The summed E-state index contributed by atoms with van der Waals surface area (Å²) in [7, 11) is -2.06. The third-order valence-electron chi connectivity index (χ3n) is 7.94. The summed E-state index contributed by atoms with van der Waals surface area (Å²) in [6.07, 6.45) is 5.11. The number of aromatic nitrogens is 2. The molecule has 2 unspecified atom stereocenters. The van der Waals surface area contributed by atoms with Gasteiger partial charge in [0.05, 0.1) is 18.2 Å². The lowest BCUT2D eigenvalue weighted by Crippen LogP contribution is -2.47. The molecule has 4 atom stereocenters. The van der Waals surface area contributed by atoms with Crippen molar-refractivity contribution in [3.8, 4) is 5.75 Å². The van der Waals surface area contributed by atoms with Crippen molar-refractivity contribution in [3.63, 3.8) is 0 Å². The van der Waals surface area contributed by atoms with Crippen molar-refractivity contribution in [1.82, 2.24) is 19.2 Å². The van der Waals surface area contributed by atoms with Crippen LogP contribution in [-0.4, -0.2) is 53.9 Å². The lowest BCUT2D eigenvalue weighted by molar-refractivity contribution is -0.145. The van der Waals surface area contributed by atoms with Gasteiger partial charge < -0.3 is 9.30 Å². The molecule has 0 bridgehead atoms. The van der Waals surface area contributed by atoms with Crippen LogP contribution in [-0.2, 0) is 39.5 Å². The first kappa shape index (κ1) is 25.7. The molecule has 2 fully saturated rings. The van der Waals surface area contributed by atoms with Crippen molar-refractivity contribution in [2.75, 3.05) is 13.2 Å². The number of imidazole rings is 1. The Balaban J connectivity index is 1.22. The Hall–Kier alpha value is -3.57. The van der Waals surface area contributed by atoms with Crippen LogP contribution in [0, 0.1) is 17.7 Å². The first-order valence-corrected chi connectivity index (χ1v) is 14.5. The molecule has 1 saturated heterocycles. The lowest BCUT2D eigenvalue weighted by Gasteiger charge is -2.39. The largest absolute Gasteiger partial charge is 0.492 e. The van der Waals surface area contributed by atoms with Crippen molar-refractivity contribution >= 4 is 21.8 Å². The van der Waals surface area contributed by atoms with Gasteiger partial charge in [-0.05, 0) is 60.6 Å². The van der Waals surface area contributed by atoms with E-state index in [1.165, 1.54) is 23.5 Å². The third-order valence-corrected chi connectivity index (χ3v) is 9.28. The van der Waals surface area contributed by atoms with E-state index in [2.05, 4.69) is 9.71 Å². The molecule has 3 aromatic rings. The van der Waals surface area contributed by atoms with Crippen LogP contribution in [0.15, 0.2) is 60.0 Å². The van der Waals surface area contributed by atoms with Crippen LogP contribution in [0.3, 0.4) is 0 Å². The predicted molar refractivity (Wildman–Crippen MR) is 139 cm³/mol. The Kier molecular flexibility index (Phi) is 6.50. The quantitative estimate of drug-likeness (QED) is 0.323. The summed E-state index contributed by atoms with van der Waals surface area (Å²) in [5, 5.41) is -0.0653. The minimum atomic E-state index is -3.75. The standard InChI is InChI=1S/C28H29FN4O5S/c1-32-15-26(30-16-32)39(36,37)31-10-11-38-19-8-6-17-7-9-25(33-27(34)22-14-23(22)28(33)35)21(20(17)13-19)12-18-4-2-3-5-24(18)29/h2-6,8,13,15-16,21-23,25,31H,7,9-12,14H2,1H3/t21-,22?,23?,25+/m0/s1.